The largest absolute Gasteiger partial charge is 0.396 e. The standard InChI is InChI=1S/C7H7FN2O/c1-4(11)7-6(8)5(9)2-3-10-7/h2-3H,1H3,(H2,9,10). The second-order valence-electron chi connectivity index (χ2n) is 2.12. The van der Waals surface area contributed by atoms with Crippen LogP contribution in [-0.4, -0.2) is 10.8 Å². The molecule has 0 atom stereocenters. The van der Waals surface area contributed by atoms with Crippen LogP contribution in [0, 0.1) is 5.82 Å². The summed E-state index contributed by atoms with van der Waals surface area (Å²) in [5.74, 6) is -1.16. The van der Waals surface area contributed by atoms with E-state index in [0.29, 0.717) is 0 Å². The van der Waals surface area contributed by atoms with Crippen LogP contribution in [0.3, 0.4) is 0 Å². The van der Waals surface area contributed by atoms with Crippen LogP contribution in [-0.2, 0) is 0 Å². The Morgan fingerprint density at radius 1 is 1.73 bits per heavy atom. The molecule has 1 aromatic heterocycles. The fourth-order valence-electron chi connectivity index (χ4n) is 0.704. The molecule has 3 nitrogen and oxygen atoms in total. The third-order valence-corrected chi connectivity index (χ3v) is 1.25. The summed E-state index contributed by atoms with van der Waals surface area (Å²) in [4.78, 5) is 14.2. The fourth-order valence-corrected chi connectivity index (χ4v) is 0.704. The van der Waals surface area contributed by atoms with Crippen molar-refractivity contribution in [2.45, 2.75) is 6.92 Å². The first kappa shape index (κ1) is 7.65. The van der Waals surface area contributed by atoms with Crippen molar-refractivity contribution >= 4 is 11.5 Å². The highest BCUT2D eigenvalue weighted by Crippen LogP contribution is 2.11. The first-order valence-corrected chi connectivity index (χ1v) is 3.04. The number of pyridine rings is 1. The number of aromatic nitrogens is 1. The molecule has 1 rings (SSSR count). The number of hydrogen-bond acceptors (Lipinski definition) is 3. The van der Waals surface area contributed by atoms with Gasteiger partial charge < -0.3 is 5.73 Å². The predicted molar refractivity (Wildman–Crippen MR) is 38.6 cm³/mol. The first-order valence-electron chi connectivity index (χ1n) is 3.04. The zero-order chi connectivity index (χ0) is 8.43. The van der Waals surface area contributed by atoms with Crippen LogP contribution in [0.15, 0.2) is 12.3 Å². The maximum atomic E-state index is 12.8. The number of ketones is 1. The highest BCUT2D eigenvalue weighted by molar-refractivity contribution is 5.93. The van der Waals surface area contributed by atoms with Gasteiger partial charge in [0, 0.05) is 13.1 Å². The van der Waals surface area contributed by atoms with E-state index in [1.165, 1.54) is 19.2 Å². The van der Waals surface area contributed by atoms with Crippen molar-refractivity contribution in [3.8, 4) is 0 Å². The summed E-state index contributed by atoms with van der Waals surface area (Å²) in [6, 6.07) is 1.31. The molecule has 1 aromatic rings. The van der Waals surface area contributed by atoms with Gasteiger partial charge in [-0.1, -0.05) is 0 Å². The number of nitrogen functional groups attached to an aromatic ring is 1. The topological polar surface area (TPSA) is 56.0 Å². The number of rotatable bonds is 1. The quantitative estimate of drug-likeness (QED) is 0.614. The van der Waals surface area contributed by atoms with Gasteiger partial charge >= 0.3 is 0 Å². The third-order valence-electron chi connectivity index (χ3n) is 1.25. The molecule has 1 heterocycles. The van der Waals surface area contributed by atoms with Crippen molar-refractivity contribution in [3.05, 3.63) is 23.8 Å². The lowest BCUT2D eigenvalue weighted by atomic mass is 10.2. The van der Waals surface area contributed by atoms with E-state index >= 15 is 0 Å². The Labute approximate surface area is 63.0 Å². The average Bonchev–Trinajstić information content (AvgIpc) is 1.94. The van der Waals surface area contributed by atoms with Crippen LogP contribution in [0.1, 0.15) is 17.4 Å². The zero-order valence-electron chi connectivity index (χ0n) is 5.97. The predicted octanol–water partition coefficient (Wildman–Crippen LogP) is 1.01. The lowest BCUT2D eigenvalue weighted by Crippen LogP contribution is -2.03. The molecule has 0 saturated carbocycles. The van der Waals surface area contributed by atoms with Gasteiger partial charge in [0.1, 0.15) is 5.69 Å². The van der Waals surface area contributed by atoms with Crippen molar-refractivity contribution < 1.29 is 9.18 Å². The Kier molecular flexibility index (Phi) is 1.85. The van der Waals surface area contributed by atoms with E-state index < -0.39 is 11.6 Å². The van der Waals surface area contributed by atoms with E-state index in [-0.39, 0.29) is 11.4 Å². The molecule has 4 heteroatoms. The van der Waals surface area contributed by atoms with Gasteiger partial charge in [-0.2, -0.15) is 0 Å². The highest BCUT2D eigenvalue weighted by Gasteiger charge is 2.10. The molecule has 0 bridgehead atoms. The lowest BCUT2D eigenvalue weighted by Gasteiger charge is -1.98. The van der Waals surface area contributed by atoms with E-state index in [9.17, 15) is 9.18 Å². The number of Topliss-reactive ketones (excluding diaryl/α,β-unsaturated/α-hetero) is 1. The summed E-state index contributed by atoms with van der Waals surface area (Å²) in [6.07, 6.45) is 1.30. The van der Waals surface area contributed by atoms with Gasteiger partial charge in [0.15, 0.2) is 11.6 Å². The van der Waals surface area contributed by atoms with Gasteiger partial charge in [-0.15, -0.1) is 0 Å². The number of halogens is 1. The van der Waals surface area contributed by atoms with Crippen LogP contribution >= 0.6 is 0 Å². The Morgan fingerprint density at radius 2 is 2.36 bits per heavy atom. The van der Waals surface area contributed by atoms with Gasteiger partial charge in [-0.25, -0.2) is 9.37 Å². The van der Waals surface area contributed by atoms with E-state index in [4.69, 9.17) is 5.73 Å². The van der Waals surface area contributed by atoms with Gasteiger partial charge in [0.2, 0.25) is 0 Å². The van der Waals surface area contributed by atoms with Gasteiger partial charge in [-0.3, -0.25) is 4.79 Å². The summed E-state index contributed by atoms with van der Waals surface area (Å²) >= 11 is 0. The first-order chi connectivity index (χ1) is 5.13. The van der Waals surface area contributed by atoms with Crippen LogP contribution in [0.2, 0.25) is 0 Å². The summed E-state index contributed by atoms with van der Waals surface area (Å²) in [6.45, 7) is 1.24. The lowest BCUT2D eigenvalue weighted by molar-refractivity contribution is 0.100. The van der Waals surface area contributed by atoms with E-state index in [1.807, 2.05) is 0 Å². The van der Waals surface area contributed by atoms with E-state index in [0.717, 1.165) is 0 Å². The second kappa shape index (κ2) is 2.65. The minimum atomic E-state index is -0.736. The SMILES string of the molecule is CC(=O)c1nccc(N)c1F. The summed E-state index contributed by atoms with van der Waals surface area (Å²) in [5.41, 5.74) is 4.94. The molecule has 0 amide bonds. The number of carbonyl (C=O) groups excluding carboxylic acids is 1. The molecule has 0 fully saturated rings. The van der Waals surface area contributed by atoms with Gasteiger partial charge in [0.05, 0.1) is 5.69 Å². The third kappa shape index (κ3) is 1.34. The molecule has 0 aliphatic carbocycles. The van der Waals surface area contributed by atoms with Crippen molar-refractivity contribution in [2.75, 3.05) is 5.73 Å². The molecule has 0 saturated heterocycles. The van der Waals surface area contributed by atoms with Crippen molar-refractivity contribution in [3.63, 3.8) is 0 Å². The Hall–Kier alpha value is -1.45. The normalized spacial score (nSPS) is 9.64. The molecule has 0 radical (unpaired) electrons. The maximum Gasteiger partial charge on any atom is 0.181 e. The average molecular weight is 154 g/mol. The number of nitrogens with two attached hydrogens (primary N) is 1. The number of carbonyl (C=O) groups is 1. The minimum Gasteiger partial charge on any atom is -0.396 e. The number of anilines is 1. The van der Waals surface area contributed by atoms with Gasteiger partial charge in [0.25, 0.3) is 0 Å². The van der Waals surface area contributed by atoms with Crippen LogP contribution in [0.25, 0.3) is 0 Å². The molecule has 0 aliphatic heterocycles. The van der Waals surface area contributed by atoms with Crippen molar-refractivity contribution in [1.82, 2.24) is 4.98 Å². The van der Waals surface area contributed by atoms with Crippen LogP contribution in [0.5, 0.6) is 0 Å². The fraction of sp³-hybridized carbons (Fsp3) is 0.143. The Bertz CT molecular complexity index is 298. The molecule has 0 aromatic carbocycles. The minimum absolute atomic E-state index is 0.0507. The monoisotopic (exact) mass is 154 g/mol. The summed E-state index contributed by atoms with van der Waals surface area (Å²) in [5, 5.41) is 0. The number of nitrogens with zero attached hydrogens (tertiary/aromatic N) is 1. The highest BCUT2D eigenvalue weighted by atomic mass is 19.1. The van der Waals surface area contributed by atoms with Crippen LogP contribution < -0.4 is 5.73 Å². The van der Waals surface area contributed by atoms with Crippen molar-refractivity contribution in [2.24, 2.45) is 0 Å². The maximum absolute atomic E-state index is 12.8. The van der Waals surface area contributed by atoms with Crippen molar-refractivity contribution in [1.29, 1.82) is 0 Å². The molecular formula is C7H7FN2O. The van der Waals surface area contributed by atoms with E-state index in [1.54, 1.807) is 0 Å². The zero-order valence-corrected chi connectivity index (χ0v) is 5.97. The van der Waals surface area contributed by atoms with Gasteiger partial charge in [-0.05, 0) is 6.07 Å². The van der Waals surface area contributed by atoms with Crippen LogP contribution in [0.4, 0.5) is 10.1 Å². The molecule has 2 N–H and O–H groups in total. The molecule has 0 aliphatic rings. The molecular weight excluding hydrogens is 147 g/mol. The smallest absolute Gasteiger partial charge is 0.181 e. The molecule has 0 spiro atoms. The Balaban J connectivity index is 3.27. The van der Waals surface area contributed by atoms with E-state index in [2.05, 4.69) is 4.98 Å². The Morgan fingerprint density at radius 3 is 2.82 bits per heavy atom. The number of hydrogen-bond donors (Lipinski definition) is 1. The molecule has 11 heavy (non-hydrogen) atoms. The summed E-state index contributed by atoms with van der Waals surface area (Å²) < 4.78 is 12.8. The molecule has 58 valence electrons. The second-order valence-corrected chi connectivity index (χ2v) is 2.12. The summed E-state index contributed by atoms with van der Waals surface area (Å²) in [7, 11) is 0. The molecule has 0 unspecified atom stereocenters.